The Morgan fingerprint density at radius 3 is 1.80 bits per heavy atom. The van der Waals surface area contributed by atoms with Gasteiger partial charge in [0.15, 0.2) is 18.9 Å². The van der Waals surface area contributed by atoms with Gasteiger partial charge in [-0.15, -0.1) is 0 Å². The molecule has 7 aliphatic rings. The SMILES string of the molecule is CC(C)CCC[C@@H](C)[C@H]1CC[C@H]2[C@@H]3CC[C@H]4C[C@@H](O[C@H]5O[C@H](CO)[C@@H](O[C@@H]6O[C@@H](C)[C@H](O)[C@@H](O)[C@H]6O)[C@H](O)[C@H]5O[C@@H]5O[C@@H](C)[C@H](O)[C@@H](O)[C@H]5O)CC[C@]4(C)[C@H]3CC[C@]12C. The summed E-state index contributed by atoms with van der Waals surface area (Å²) in [6, 6.07) is 0. The Labute approximate surface area is 351 Å². The molecule has 3 aliphatic heterocycles. The normalized spacial score (nSPS) is 53.4. The van der Waals surface area contributed by atoms with E-state index in [-0.39, 0.29) is 11.5 Å². The highest BCUT2D eigenvalue weighted by molar-refractivity contribution is 5.10. The Hall–Kier alpha value is -0.560. The lowest BCUT2D eigenvalue weighted by Gasteiger charge is -2.61. The first-order chi connectivity index (χ1) is 27.9. The van der Waals surface area contributed by atoms with Crippen LogP contribution in [0.25, 0.3) is 0 Å². The van der Waals surface area contributed by atoms with Gasteiger partial charge in [0, 0.05) is 0 Å². The van der Waals surface area contributed by atoms with Crippen molar-refractivity contribution >= 4 is 0 Å². The minimum atomic E-state index is -1.69. The molecular weight excluding hydrogens is 764 g/mol. The van der Waals surface area contributed by atoms with E-state index in [9.17, 15) is 40.9 Å². The highest BCUT2D eigenvalue weighted by Crippen LogP contribution is 2.68. The summed E-state index contributed by atoms with van der Waals surface area (Å²) < 4.78 is 36.7. The predicted octanol–water partition coefficient (Wildman–Crippen LogP) is 3.00. The molecule has 0 bridgehead atoms. The first kappa shape index (κ1) is 46.4. The molecule has 0 aromatic carbocycles. The number of aliphatic hydroxyl groups is 8. The Balaban J connectivity index is 1.05. The van der Waals surface area contributed by atoms with E-state index in [1.54, 1.807) is 0 Å². The molecule has 8 N–H and O–H groups in total. The van der Waals surface area contributed by atoms with E-state index in [2.05, 4.69) is 34.6 Å². The van der Waals surface area contributed by atoms with Crippen LogP contribution in [0, 0.1) is 52.3 Å². The van der Waals surface area contributed by atoms with E-state index >= 15 is 0 Å². The molecule has 3 saturated heterocycles. The van der Waals surface area contributed by atoms with Crippen molar-refractivity contribution in [1.82, 2.24) is 0 Å². The maximum atomic E-state index is 12.0. The highest BCUT2D eigenvalue weighted by Gasteiger charge is 2.61. The van der Waals surface area contributed by atoms with Gasteiger partial charge < -0.3 is 69.3 Å². The Kier molecular flexibility index (Phi) is 14.6. The van der Waals surface area contributed by atoms with E-state index in [0.29, 0.717) is 17.3 Å². The van der Waals surface area contributed by atoms with Gasteiger partial charge in [0.25, 0.3) is 0 Å². The van der Waals surface area contributed by atoms with Crippen LogP contribution in [-0.4, -0.2) is 146 Å². The number of ether oxygens (including phenoxy) is 6. The summed E-state index contributed by atoms with van der Waals surface area (Å²) in [6.07, 6.45) is -7.13. The van der Waals surface area contributed by atoms with Crippen LogP contribution in [0.3, 0.4) is 0 Å². The molecule has 7 rings (SSSR count). The monoisotopic (exact) mass is 843 g/mol. The maximum absolute atomic E-state index is 12.0. The van der Waals surface area contributed by atoms with Crippen LogP contribution in [0.15, 0.2) is 0 Å². The van der Waals surface area contributed by atoms with Crippen molar-refractivity contribution < 1.29 is 69.3 Å². The van der Waals surface area contributed by atoms with Gasteiger partial charge in [0.2, 0.25) is 0 Å². The number of aliphatic hydroxyl groups excluding tert-OH is 8. The lowest BCUT2D eigenvalue weighted by Crippen LogP contribution is -2.66. The summed E-state index contributed by atoms with van der Waals surface area (Å²) in [4.78, 5) is 0. The van der Waals surface area contributed by atoms with Crippen LogP contribution in [0.1, 0.15) is 126 Å². The molecule has 14 heteroatoms. The molecular formula is C45H78O14. The summed E-state index contributed by atoms with van der Waals surface area (Å²) in [5, 5.41) is 85.8. The summed E-state index contributed by atoms with van der Waals surface area (Å²) in [5.74, 6) is 4.97. The summed E-state index contributed by atoms with van der Waals surface area (Å²) in [7, 11) is 0. The average Bonchev–Trinajstić information content (AvgIpc) is 3.56. The second-order valence-corrected chi connectivity index (χ2v) is 21.0. The molecule has 59 heavy (non-hydrogen) atoms. The Morgan fingerprint density at radius 2 is 1.19 bits per heavy atom. The minimum Gasteiger partial charge on any atom is -0.394 e. The van der Waals surface area contributed by atoms with E-state index in [0.717, 1.165) is 55.3 Å². The van der Waals surface area contributed by atoms with Gasteiger partial charge in [0.1, 0.15) is 61.0 Å². The fourth-order valence-corrected chi connectivity index (χ4v) is 13.6. The molecule has 14 nitrogen and oxygen atoms in total. The largest absolute Gasteiger partial charge is 0.394 e. The van der Waals surface area contributed by atoms with Crippen LogP contribution in [-0.2, 0) is 28.4 Å². The fourth-order valence-electron chi connectivity index (χ4n) is 13.6. The van der Waals surface area contributed by atoms with Crippen LogP contribution >= 0.6 is 0 Å². The lowest BCUT2D eigenvalue weighted by molar-refractivity contribution is -0.389. The molecule has 3 heterocycles. The van der Waals surface area contributed by atoms with Crippen molar-refractivity contribution in [2.24, 2.45) is 52.3 Å². The quantitative estimate of drug-likeness (QED) is 0.133. The van der Waals surface area contributed by atoms with Gasteiger partial charge >= 0.3 is 0 Å². The molecule has 342 valence electrons. The van der Waals surface area contributed by atoms with Gasteiger partial charge in [0.05, 0.1) is 24.9 Å². The number of rotatable bonds is 12. The zero-order valence-corrected chi connectivity index (χ0v) is 36.5. The van der Waals surface area contributed by atoms with Crippen molar-refractivity contribution in [2.75, 3.05) is 6.61 Å². The molecule has 0 radical (unpaired) electrons. The third kappa shape index (κ3) is 8.83. The van der Waals surface area contributed by atoms with Crippen LogP contribution in [0.5, 0.6) is 0 Å². The molecule has 0 aromatic rings. The average molecular weight is 843 g/mol. The Morgan fingerprint density at radius 1 is 0.593 bits per heavy atom. The maximum Gasteiger partial charge on any atom is 0.187 e. The highest BCUT2D eigenvalue weighted by atomic mass is 16.8. The number of hydrogen-bond acceptors (Lipinski definition) is 14. The number of hydrogen-bond donors (Lipinski definition) is 8. The summed E-state index contributed by atoms with van der Waals surface area (Å²) in [5.41, 5.74) is 0.604. The van der Waals surface area contributed by atoms with Crippen molar-refractivity contribution in [1.29, 1.82) is 0 Å². The molecule has 0 spiro atoms. The van der Waals surface area contributed by atoms with Crippen LogP contribution in [0.2, 0.25) is 0 Å². The molecule has 7 fully saturated rings. The smallest absolute Gasteiger partial charge is 0.187 e. The first-order valence-electron chi connectivity index (χ1n) is 23.2. The van der Waals surface area contributed by atoms with Crippen molar-refractivity contribution in [3.05, 3.63) is 0 Å². The molecule has 4 aliphatic carbocycles. The second-order valence-electron chi connectivity index (χ2n) is 21.0. The molecule has 0 aromatic heterocycles. The minimum absolute atomic E-state index is 0.184. The molecule has 0 unspecified atom stereocenters. The van der Waals surface area contributed by atoms with Crippen molar-refractivity contribution in [2.45, 2.75) is 224 Å². The first-order valence-corrected chi connectivity index (χ1v) is 23.2. The fraction of sp³-hybridized carbons (Fsp3) is 1.00. The third-order valence-corrected chi connectivity index (χ3v) is 17.1. The third-order valence-electron chi connectivity index (χ3n) is 17.1. The van der Waals surface area contributed by atoms with Crippen LogP contribution < -0.4 is 0 Å². The van der Waals surface area contributed by atoms with Gasteiger partial charge in [-0.2, -0.15) is 0 Å². The van der Waals surface area contributed by atoms with E-state index in [1.165, 1.54) is 65.2 Å². The predicted molar refractivity (Wildman–Crippen MR) is 214 cm³/mol. The van der Waals surface area contributed by atoms with Crippen LogP contribution in [0.4, 0.5) is 0 Å². The van der Waals surface area contributed by atoms with Gasteiger partial charge in [-0.3, -0.25) is 0 Å². The molecule has 0 amide bonds. The zero-order valence-electron chi connectivity index (χ0n) is 36.5. The zero-order chi connectivity index (χ0) is 42.7. The Bertz CT molecular complexity index is 1370. The van der Waals surface area contributed by atoms with Gasteiger partial charge in [-0.25, -0.2) is 0 Å². The number of fused-ring (bicyclic) bond motifs is 5. The summed E-state index contributed by atoms with van der Waals surface area (Å²) >= 11 is 0. The van der Waals surface area contributed by atoms with Gasteiger partial charge in [-0.05, 0) is 124 Å². The van der Waals surface area contributed by atoms with E-state index in [4.69, 9.17) is 28.4 Å². The van der Waals surface area contributed by atoms with E-state index < -0.39 is 98.7 Å². The summed E-state index contributed by atoms with van der Waals surface area (Å²) in [6.45, 7) is 14.7. The topological polar surface area (TPSA) is 217 Å². The van der Waals surface area contributed by atoms with E-state index in [1.807, 2.05) is 0 Å². The molecule has 4 saturated carbocycles. The van der Waals surface area contributed by atoms with Crippen molar-refractivity contribution in [3.63, 3.8) is 0 Å². The van der Waals surface area contributed by atoms with Crippen molar-refractivity contribution in [3.8, 4) is 0 Å². The molecule has 24 atom stereocenters. The lowest BCUT2D eigenvalue weighted by atomic mass is 9.44. The second kappa shape index (κ2) is 18.5. The standard InChI is InChI=1S/C45H78O14/c1-21(2)9-8-10-22(3)28-13-14-29-27-12-11-25-19-26(15-17-44(25,6)30(27)16-18-45(28,29)7)56-43-40(59-42-37(52)35(50)33(48)24(5)55-42)38(53)39(31(20-46)57-43)58-41-36(51)34(49)32(47)23(4)54-41/h21-43,46-53H,8-20H2,1-7H3/t22-,23+,24+,25+,26+,27+,28-,29+,30+,31-,32+,33+,34-,35-,36-,37-,38+,39-,40-,41+,42+,43+,44+,45-/m1/s1. The van der Waals surface area contributed by atoms with Gasteiger partial charge in [-0.1, -0.05) is 53.9 Å².